The molecule has 0 aliphatic heterocycles. The Balaban J connectivity index is 2.22. The van der Waals surface area contributed by atoms with Crippen molar-refractivity contribution in [2.45, 2.75) is 26.4 Å². The molecule has 0 saturated heterocycles. The van der Waals surface area contributed by atoms with Crippen LogP contribution in [0.25, 0.3) is 11.4 Å². The lowest BCUT2D eigenvalue weighted by molar-refractivity contribution is -0.119. The quantitative estimate of drug-likeness (QED) is 0.779. The third kappa shape index (κ3) is 4.23. The number of ether oxygens (including phenoxy) is 2. The second-order valence-corrected chi connectivity index (χ2v) is 5.54. The van der Waals surface area contributed by atoms with E-state index in [0.29, 0.717) is 35.3 Å². The highest BCUT2D eigenvalue weighted by Gasteiger charge is 2.19. The van der Waals surface area contributed by atoms with Gasteiger partial charge in [0.1, 0.15) is 11.5 Å². The number of benzene rings is 1. The number of amides is 1. The first kappa shape index (κ1) is 17.7. The first-order valence-corrected chi connectivity index (χ1v) is 7.52. The Bertz CT molecular complexity index is 699. The summed E-state index contributed by atoms with van der Waals surface area (Å²) in [4.78, 5) is 17.4. The molecule has 0 spiro atoms. The zero-order chi connectivity index (χ0) is 17.7. The van der Waals surface area contributed by atoms with Gasteiger partial charge in [-0.15, -0.1) is 0 Å². The van der Waals surface area contributed by atoms with Crippen LogP contribution in [0, 0.1) is 0 Å². The number of nitrogens with two attached hydrogens (primary N) is 1. The minimum Gasteiger partial charge on any atom is -0.497 e. The van der Waals surface area contributed by atoms with Gasteiger partial charge in [0.2, 0.25) is 17.6 Å². The van der Waals surface area contributed by atoms with Crippen LogP contribution in [0.3, 0.4) is 0 Å². The Hall–Kier alpha value is -2.61. The van der Waals surface area contributed by atoms with E-state index in [9.17, 15) is 4.79 Å². The minimum atomic E-state index is -0.403. The van der Waals surface area contributed by atoms with Crippen molar-refractivity contribution >= 4 is 5.91 Å². The summed E-state index contributed by atoms with van der Waals surface area (Å²) in [6, 6.07) is 5.46. The highest BCUT2D eigenvalue weighted by Crippen LogP contribution is 2.31. The molecule has 0 bridgehead atoms. The number of nitrogens with zero attached hydrogens (tertiary/aromatic N) is 3. The zero-order valence-electron chi connectivity index (χ0n) is 14.3. The number of methoxy groups -OCH3 is 2. The third-order valence-corrected chi connectivity index (χ3v) is 3.55. The molecular formula is C16H22N4O4. The molecule has 0 fully saturated rings. The molecule has 1 heterocycles. The highest BCUT2D eigenvalue weighted by molar-refractivity contribution is 5.75. The summed E-state index contributed by atoms with van der Waals surface area (Å²) in [5, 5.41) is 3.99. The maximum Gasteiger partial charge on any atom is 0.241 e. The van der Waals surface area contributed by atoms with Crippen LogP contribution in [0.15, 0.2) is 22.7 Å². The van der Waals surface area contributed by atoms with Crippen LogP contribution in [0.5, 0.6) is 11.5 Å². The van der Waals surface area contributed by atoms with Gasteiger partial charge in [0, 0.05) is 12.1 Å². The van der Waals surface area contributed by atoms with Crippen LogP contribution in [0.4, 0.5) is 0 Å². The molecule has 1 amide bonds. The van der Waals surface area contributed by atoms with Gasteiger partial charge in [0.25, 0.3) is 0 Å². The van der Waals surface area contributed by atoms with Crippen LogP contribution >= 0.6 is 0 Å². The summed E-state index contributed by atoms with van der Waals surface area (Å²) in [5.74, 6) is 1.66. The van der Waals surface area contributed by atoms with Gasteiger partial charge >= 0.3 is 0 Å². The molecule has 0 aliphatic carbocycles. The van der Waals surface area contributed by atoms with Gasteiger partial charge < -0.3 is 19.7 Å². The van der Waals surface area contributed by atoms with Gasteiger partial charge in [0.15, 0.2) is 0 Å². The van der Waals surface area contributed by atoms with Crippen molar-refractivity contribution in [2.24, 2.45) is 5.73 Å². The van der Waals surface area contributed by atoms with E-state index >= 15 is 0 Å². The molecule has 0 radical (unpaired) electrons. The highest BCUT2D eigenvalue weighted by atomic mass is 16.5. The molecule has 0 aliphatic rings. The van der Waals surface area contributed by atoms with E-state index in [-0.39, 0.29) is 12.6 Å². The first-order valence-electron chi connectivity index (χ1n) is 7.52. The fourth-order valence-corrected chi connectivity index (χ4v) is 2.21. The average molecular weight is 334 g/mol. The lowest BCUT2D eigenvalue weighted by Crippen LogP contribution is -2.38. The van der Waals surface area contributed by atoms with Gasteiger partial charge in [-0.05, 0) is 26.0 Å². The lowest BCUT2D eigenvalue weighted by Gasteiger charge is -2.22. The van der Waals surface area contributed by atoms with Crippen molar-refractivity contribution in [2.75, 3.05) is 20.8 Å². The zero-order valence-corrected chi connectivity index (χ0v) is 14.3. The molecule has 8 nitrogen and oxygen atoms in total. The number of carbonyl (C=O) groups is 1. The molecule has 0 saturated carbocycles. The molecule has 24 heavy (non-hydrogen) atoms. The summed E-state index contributed by atoms with van der Waals surface area (Å²) in [6.45, 7) is 4.40. The maximum absolute atomic E-state index is 11.2. The van der Waals surface area contributed by atoms with E-state index < -0.39 is 5.91 Å². The molecule has 0 unspecified atom stereocenters. The Morgan fingerprint density at radius 1 is 1.33 bits per heavy atom. The fourth-order valence-electron chi connectivity index (χ4n) is 2.21. The summed E-state index contributed by atoms with van der Waals surface area (Å²) < 4.78 is 15.8. The molecule has 1 aromatic heterocycles. The molecule has 2 rings (SSSR count). The number of primary amides is 1. The van der Waals surface area contributed by atoms with Crippen LogP contribution in [-0.2, 0) is 11.3 Å². The average Bonchev–Trinajstić information content (AvgIpc) is 3.01. The lowest BCUT2D eigenvalue weighted by atomic mass is 10.2. The van der Waals surface area contributed by atoms with Gasteiger partial charge in [-0.2, -0.15) is 4.98 Å². The van der Waals surface area contributed by atoms with Crippen molar-refractivity contribution in [3.63, 3.8) is 0 Å². The smallest absolute Gasteiger partial charge is 0.241 e. The molecule has 2 aromatic rings. The summed E-state index contributed by atoms with van der Waals surface area (Å²) in [6.07, 6.45) is 0. The van der Waals surface area contributed by atoms with Crippen LogP contribution < -0.4 is 15.2 Å². The first-order chi connectivity index (χ1) is 11.4. The van der Waals surface area contributed by atoms with E-state index in [1.165, 1.54) is 0 Å². The molecule has 8 heteroatoms. The van der Waals surface area contributed by atoms with Gasteiger partial charge in [-0.3, -0.25) is 9.69 Å². The normalized spacial score (nSPS) is 11.1. The molecule has 0 atom stereocenters. The number of rotatable bonds is 8. The SMILES string of the molecule is COc1ccc(-c2noc(CN(CC(N)=O)C(C)C)n2)c(OC)c1. The number of aromatic nitrogens is 2. The van der Waals surface area contributed by atoms with Crippen molar-refractivity contribution < 1.29 is 18.8 Å². The predicted octanol–water partition coefficient (Wildman–Crippen LogP) is 1.45. The Morgan fingerprint density at radius 3 is 2.67 bits per heavy atom. The van der Waals surface area contributed by atoms with E-state index in [0.717, 1.165) is 0 Å². The number of hydrogen-bond donors (Lipinski definition) is 1. The Morgan fingerprint density at radius 2 is 2.08 bits per heavy atom. The standard InChI is InChI=1S/C16H22N4O4/c1-10(2)20(8-14(17)21)9-15-18-16(19-24-15)12-6-5-11(22-3)7-13(12)23-4/h5-7,10H,8-9H2,1-4H3,(H2,17,21). The Kier molecular flexibility index (Phi) is 5.75. The van der Waals surface area contributed by atoms with Gasteiger partial charge in [-0.25, -0.2) is 0 Å². The number of carbonyl (C=O) groups excluding carboxylic acids is 1. The summed E-state index contributed by atoms with van der Waals surface area (Å²) >= 11 is 0. The van der Waals surface area contributed by atoms with Gasteiger partial charge in [-0.1, -0.05) is 5.16 Å². The van der Waals surface area contributed by atoms with Crippen molar-refractivity contribution in [3.8, 4) is 22.9 Å². The van der Waals surface area contributed by atoms with Crippen molar-refractivity contribution in [1.82, 2.24) is 15.0 Å². The molecular weight excluding hydrogens is 312 g/mol. The van der Waals surface area contributed by atoms with E-state index in [1.807, 2.05) is 18.7 Å². The van der Waals surface area contributed by atoms with Crippen LogP contribution in [0.1, 0.15) is 19.7 Å². The van der Waals surface area contributed by atoms with Crippen molar-refractivity contribution in [1.29, 1.82) is 0 Å². The second kappa shape index (κ2) is 7.78. The Labute approximate surface area is 140 Å². The fraction of sp³-hybridized carbons (Fsp3) is 0.438. The predicted molar refractivity (Wildman–Crippen MR) is 87.6 cm³/mol. The molecule has 130 valence electrons. The minimum absolute atomic E-state index is 0.114. The van der Waals surface area contributed by atoms with Crippen molar-refractivity contribution in [3.05, 3.63) is 24.1 Å². The monoisotopic (exact) mass is 334 g/mol. The molecule has 1 aromatic carbocycles. The third-order valence-electron chi connectivity index (χ3n) is 3.55. The van der Waals surface area contributed by atoms with Crippen LogP contribution in [-0.4, -0.2) is 47.8 Å². The maximum atomic E-state index is 11.2. The second-order valence-electron chi connectivity index (χ2n) is 5.54. The molecule has 2 N–H and O–H groups in total. The number of hydrogen-bond acceptors (Lipinski definition) is 7. The van der Waals surface area contributed by atoms with Crippen LogP contribution in [0.2, 0.25) is 0 Å². The largest absolute Gasteiger partial charge is 0.497 e. The summed E-state index contributed by atoms with van der Waals surface area (Å²) in [7, 11) is 3.15. The topological polar surface area (TPSA) is 104 Å². The van der Waals surface area contributed by atoms with E-state index in [4.69, 9.17) is 19.7 Å². The van der Waals surface area contributed by atoms with Gasteiger partial charge in [0.05, 0.1) is 32.9 Å². The van der Waals surface area contributed by atoms with E-state index in [2.05, 4.69) is 10.1 Å². The van der Waals surface area contributed by atoms with E-state index in [1.54, 1.807) is 32.4 Å². The summed E-state index contributed by atoms with van der Waals surface area (Å²) in [5.41, 5.74) is 5.96.